The summed E-state index contributed by atoms with van der Waals surface area (Å²) in [4.78, 5) is 3.91. The Balaban J connectivity index is 1.57. The standard InChI is InChI=1S/C27H27N5/c1-32-13-12-17-2-4-18(5-3-17)19-6-8-20(9-7-19)21-10-11-23(24(28)14-21)22-15-25(29)27(31)26(30)16-22/h2-11,14-16H,1,12-13,28-31H2. The molecule has 4 rings (SSSR count). The van der Waals surface area contributed by atoms with Crippen molar-refractivity contribution in [3.8, 4) is 33.4 Å². The van der Waals surface area contributed by atoms with Crippen LogP contribution in [0.1, 0.15) is 5.56 Å². The van der Waals surface area contributed by atoms with Crippen LogP contribution in [-0.4, -0.2) is 13.3 Å². The maximum atomic E-state index is 6.38. The second kappa shape index (κ2) is 8.86. The molecule has 0 aromatic heterocycles. The van der Waals surface area contributed by atoms with Gasteiger partial charge in [-0.1, -0.05) is 60.7 Å². The number of rotatable bonds is 6. The summed E-state index contributed by atoms with van der Waals surface area (Å²) in [5, 5.41) is 0. The van der Waals surface area contributed by atoms with E-state index in [1.165, 1.54) is 16.7 Å². The van der Waals surface area contributed by atoms with E-state index in [0.717, 1.165) is 35.2 Å². The molecule has 4 aromatic carbocycles. The summed E-state index contributed by atoms with van der Waals surface area (Å²) in [5.74, 6) is 0. The molecule has 0 aliphatic rings. The van der Waals surface area contributed by atoms with Gasteiger partial charge in [-0.15, -0.1) is 0 Å². The van der Waals surface area contributed by atoms with Crippen LogP contribution in [0, 0.1) is 0 Å². The molecule has 0 heterocycles. The summed E-state index contributed by atoms with van der Waals surface area (Å²) >= 11 is 0. The highest BCUT2D eigenvalue weighted by Crippen LogP contribution is 2.35. The van der Waals surface area contributed by atoms with Gasteiger partial charge in [-0.3, -0.25) is 0 Å². The van der Waals surface area contributed by atoms with Gasteiger partial charge in [0, 0.05) is 17.8 Å². The summed E-state index contributed by atoms with van der Waals surface area (Å²) in [6.07, 6.45) is 0.912. The zero-order chi connectivity index (χ0) is 22.7. The number of nitrogens with two attached hydrogens (primary N) is 4. The molecule has 8 N–H and O–H groups in total. The number of aliphatic imine (C=N–C) groups is 1. The lowest BCUT2D eigenvalue weighted by Gasteiger charge is -2.12. The third kappa shape index (κ3) is 4.27. The van der Waals surface area contributed by atoms with Crippen molar-refractivity contribution in [1.29, 1.82) is 0 Å². The summed E-state index contributed by atoms with van der Waals surface area (Å²) in [6.45, 7) is 4.28. The topological polar surface area (TPSA) is 116 Å². The summed E-state index contributed by atoms with van der Waals surface area (Å²) in [5.41, 5.74) is 33.6. The average molecular weight is 422 g/mol. The van der Waals surface area contributed by atoms with Crippen LogP contribution in [0.3, 0.4) is 0 Å². The molecule has 0 spiro atoms. The zero-order valence-electron chi connectivity index (χ0n) is 17.9. The van der Waals surface area contributed by atoms with E-state index >= 15 is 0 Å². The Morgan fingerprint density at radius 1 is 0.562 bits per heavy atom. The highest BCUT2D eigenvalue weighted by atomic mass is 14.7. The van der Waals surface area contributed by atoms with E-state index in [9.17, 15) is 0 Å². The quantitative estimate of drug-likeness (QED) is 0.251. The SMILES string of the molecule is C=NCCc1ccc(-c2ccc(-c3ccc(-c4cc(N)c(N)c(N)c4)c(N)c3)cc2)cc1. The third-order valence-electron chi connectivity index (χ3n) is 5.67. The Kier molecular flexibility index (Phi) is 5.81. The molecule has 0 aliphatic heterocycles. The smallest absolute Gasteiger partial charge is 0.0781 e. The molecule has 0 amide bonds. The van der Waals surface area contributed by atoms with Crippen LogP contribution < -0.4 is 22.9 Å². The van der Waals surface area contributed by atoms with Crippen molar-refractivity contribution in [2.45, 2.75) is 6.42 Å². The Labute approximate surface area is 188 Å². The van der Waals surface area contributed by atoms with E-state index in [4.69, 9.17) is 22.9 Å². The summed E-state index contributed by atoms with van der Waals surface area (Å²) in [6, 6.07) is 26.6. The van der Waals surface area contributed by atoms with Gasteiger partial charge in [-0.05, 0) is 64.7 Å². The maximum absolute atomic E-state index is 6.38. The number of hydrogen-bond donors (Lipinski definition) is 4. The van der Waals surface area contributed by atoms with Crippen molar-refractivity contribution in [3.05, 3.63) is 84.4 Å². The van der Waals surface area contributed by atoms with Crippen molar-refractivity contribution >= 4 is 29.5 Å². The van der Waals surface area contributed by atoms with Crippen LogP contribution in [-0.2, 0) is 6.42 Å². The summed E-state index contributed by atoms with van der Waals surface area (Å²) < 4.78 is 0. The largest absolute Gasteiger partial charge is 0.398 e. The molecular formula is C27H27N5. The predicted octanol–water partition coefficient (Wildman–Crippen LogP) is 5.26. The number of anilines is 4. The molecular weight excluding hydrogens is 394 g/mol. The molecule has 0 fully saturated rings. The van der Waals surface area contributed by atoms with Crippen molar-refractivity contribution in [3.63, 3.8) is 0 Å². The molecule has 0 aliphatic carbocycles. The lowest BCUT2D eigenvalue weighted by Crippen LogP contribution is -2.01. The van der Waals surface area contributed by atoms with Crippen LogP contribution in [0.5, 0.6) is 0 Å². The Bertz CT molecular complexity index is 1240. The fraction of sp³-hybridized carbons (Fsp3) is 0.0741. The first-order valence-corrected chi connectivity index (χ1v) is 10.4. The minimum Gasteiger partial charge on any atom is -0.398 e. The number of nitrogens with zero attached hydrogens (tertiary/aromatic N) is 1. The molecule has 0 unspecified atom stereocenters. The minimum atomic E-state index is 0.396. The third-order valence-corrected chi connectivity index (χ3v) is 5.67. The van der Waals surface area contributed by atoms with Crippen molar-refractivity contribution in [2.75, 3.05) is 29.5 Å². The predicted molar refractivity (Wildman–Crippen MR) is 139 cm³/mol. The molecule has 4 aromatic rings. The van der Waals surface area contributed by atoms with Crippen LogP contribution in [0.2, 0.25) is 0 Å². The molecule has 5 heteroatoms. The second-order valence-electron chi connectivity index (χ2n) is 7.84. The van der Waals surface area contributed by atoms with Gasteiger partial charge in [-0.25, -0.2) is 0 Å². The Hall–Kier alpha value is -4.25. The maximum Gasteiger partial charge on any atom is 0.0781 e. The first-order chi connectivity index (χ1) is 15.5. The van der Waals surface area contributed by atoms with Crippen LogP contribution in [0.4, 0.5) is 22.7 Å². The lowest BCUT2D eigenvalue weighted by atomic mass is 9.96. The average Bonchev–Trinajstić information content (AvgIpc) is 2.81. The lowest BCUT2D eigenvalue weighted by molar-refractivity contribution is 0.977. The van der Waals surface area contributed by atoms with E-state index in [0.29, 0.717) is 22.7 Å². The molecule has 0 saturated heterocycles. The number of nitrogen functional groups attached to an aromatic ring is 4. The highest BCUT2D eigenvalue weighted by molar-refractivity contribution is 5.89. The van der Waals surface area contributed by atoms with Gasteiger partial charge < -0.3 is 27.9 Å². The normalized spacial score (nSPS) is 10.8. The number of benzene rings is 4. The van der Waals surface area contributed by atoms with Crippen LogP contribution in [0.25, 0.3) is 33.4 Å². The van der Waals surface area contributed by atoms with Crippen molar-refractivity contribution in [2.24, 2.45) is 4.99 Å². The second-order valence-corrected chi connectivity index (χ2v) is 7.84. The molecule has 5 nitrogen and oxygen atoms in total. The summed E-state index contributed by atoms with van der Waals surface area (Å²) in [7, 11) is 0. The van der Waals surface area contributed by atoms with Gasteiger partial charge in [0.05, 0.1) is 17.1 Å². The molecule has 32 heavy (non-hydrogen) atoms. The molecule has 0 atom stereocenters. The fourth-order valence-corrected chi connectivity index (χ4v) is 3.79. The van der Waals surface area contributed by atoms with E-state index in [1.54, 1.807) is 12.1 Å². The fourth-order valence-electron chi connectivity index (χ4n) is 3.79. The monoisotopic (exact) mass is 421 g/mol. The van der Waals surface area contributed by atoms with Gasteiger partial charge in [-0.2, -0.15) is 0 Å². The van der Waals surface area contributed by atoms with Gasteiger partial charge in [0.25, 0.3) is 0 Å². The first kappa shape index (κ1) is 21.0. The van der Waals surface area contributed by atoms with E-state index in [2.05, 4.69) is 60.2 Å². The molecule has 0 bridgehead atoms. The number of hydrogen-bond acceptors (Lipinski definition) is 5. The minimum absolute atomic E-state index is 0.396. The Morgan fingerprint density at radius 3 is 1.56 bits per heavy atom. The van der Waals surface area contributed by atoms with Crippen molar-refractivity contribution in [1.82, 2.24) is 0 Å². The highest BCUT2D eigenvalue weighted by Gasteiger charge is 2.10. The van der Waals surface area contributed by atoms with Gasteiger partial charge in [0.15, 0.2) is 0 Å². The Morgan fingerprint density at radius 2 is 1.03 bits per heavy atom. The molecule has 0 saturated carbocycles. The van der Waals surface area contributed by atoms with E-state index in [-0.39, 0.29) is 0 Å². The van der Waals surface area contributed by atoms with E-state index in [1.807, 2.05) is 18.2 Å². The van der Waals surface area contributed by atoms with E-state index < -0.39 is 0 Å². The molecule has 160 valence electrons. The van der Waals surface area contributed by atoms with Gasteiger partial charge in [0.1, 0.15) is 0 Å². The van der Waals surface area contributed by atoms with Gasteiger partial charge in [0.2, 0.25) is 0 Å². The van der Waals surface area contributed by atoms with Crippen molar-refractivity contribution < 1.29 is 0 Å². The molecule has 0 radical (unpaired) electrons. The zero-order valence-corrected chi connectivity index (χ0v) is 17.9. The van der Waals surface area contributed by atoms with Gasteiger partial charge >= 0.3 is 0 Å². The first-order valence-electron chi connectivity index (χ1n) is 10.4. The van der Waals surface area contributed by atoms with Crippen LogP contribution >= 0.6 is 0 Å². The van der Waals surface area contributed by atoms with Crippen LogP contribution in [0.15, 0.2) is 83.9 Å².